The summed E-state index contributed by atoms with van der Waals surface area (Å²) in [5.41, 5.74) is 10.2. The van der Waals surface area contributed by atoms with Crippen molar-refractivity contribution in [1.82, 2.24) is 9.47 Å². The molecule has 1 aromatic heterocycles. The van der Waals surface area contributed by atoms with Crippen molar-refractivity contribution in [2.24, 2.45) is 0 Å². The quantitative estimate of drug-likeness (QED) is 0.137. The van der Waals surface area contributed by atoms with Gasteiger partial charge in [0.2, 0.25) is 0 Å². The molecule has 11 heteroatoms. The Morgan fingerprint density at radius 1 is 0.952 bits per heavy atom. The number of methoxy groups -OCH3 is 1. The van der Waals surface area contributed by atoms with E-state index in [9.17, 15) is 14.4 Å². The summed E-state index contributed by atoms with van der Waals surface area (Å²) in [6.45, 7) is 3.89. The molecular formula is C31H33BrClN3O6. The van der Waals surface area contributed by atoms with Gasteiger partial charge in [-0.05, 0) is 103 Å². The number of rotatable bonds is 8. The lowest BCUT2D eigenvalue weighted by atomic mass is 10.1. The maximum Gasteiger partial charge on any atom is 0.338 e. The number of nitrogens with two attached hydrogens (primary N) is 1. The van der Waals surface area contributed by atoms with Crippen LogP contribution in [0.5, 0.6) is 5.75 Å². The topological polar surface area (TPSA) is 113 Å². The van der Waals surface area contributed by atoms with E-state index in [0.29, 0.717) is 32.9 Å². The molecular weight excluding hydrogens is 626 g/mol. The van der Waals surface area contributed by atoms with Crippen molar-refractivity contribution in [2.75, 3.05) is 40.2 Å². The van der Waals surface area contributed by atoms with Gasteiger partial charge in [-0.3, -0.25) is 14.2 Å². The summed E-state index contributed by atoms with van der Waals surface area (Å²) in [5.74, 6) is -0.180. The first-order valence-electron chi connectivity index (χ1n) is 12.9. The molecule has 0 bridgehead atoms. The van der Waals surface area contributed by atoms with Crippen molar-refractivity contribution in [3.8, 4) is 5.75 Å². The van der Waals surface area contributed by atoms with Crippen molar-refractivity contribution in [1.29, 1.82) is 0 Å². The number of esters is 2. The van der Waals surface area contributed by atoms with Crippen LogP contribution >= 0.6 is 27.5 Å². The number of aromatic nitrogens is 1. The SMILES string of the molecule is CC(=O)OCCOC(=O)c1cc(Br)c(N)c(CN(C)C)c1.COc1ccc2c(c1)cc(C)n2C(=O)c1ccc(Cl)cc1. The highest BCUT2D eigenvalue weighted by atomic mass is 79.9. The van der Waals surface area contributed by atoms with E-state index in [4.69, 9.17) is 31.5 Å². The van der Waals surface area contributed by atoms with Gasteiger partial charge in [-0.15, -0.1) is 0 Å². The molecule has 0 aliphatic carbocycles. The Labute approximate surface area is 258 Å². The Morgan fingerprint density at radius 3 is 2.24 bits per heavy atom. The number of aryl methyl sites for hydroxylation is 1. The Kier molecular flexibility index (Phi) is 11.6. The number of ether oxygens (including phenoxy) is 3. The predicted octanol–water partition coefficient (Wildman–Crippen LogP) is 6.11. The molecule has 0 spiro atoms. The highest BCUT2D eigenvalue weighted by Crippen LogP contribution is 2.27. The van der Waals surface area contributed by atoms with E-state index in [1.807, 2.05) is 50.2 Å². The second-order valence-electron chi connectivity index (χ2n) is 9.60. The van der Waals surface area contributed by atoms with Crippen molar-refractivity contribution in [2.45, 2.75) is 20.4 Å². The predicted molar refractivity (Wildman–Crippen MR) is 167 cm³/mol. The molecule has 0 radical (unpaired) electrons. The molecule has 4 aromatic rings. The third kappa shape index (κ3) is 8.58. The first-order valence-corrected chi connectivity index (χ1v) is 14.1. The molecule has 9 nitrogen and oxygen atoms in total. The van der Waals surface area contributed by atoms with Crippen LogP contribution in [0.4, 0.5) is 5.69 Å². The molecule has 0 aliphatic heterocycles. The van der Waals surface area contributed by atoms with Gasteiger partial charge in [0.05, 0.1) is 23.9 Å². The lowest BCUT2D eigenvalue weighted by molar-refractivity contribution is -0.142. The summed E-state index contributed by atoms with van der Waals surface area (Å²) in [4.78, 5) is 37.2. The summed E-state index contributed by atoms with van der Waals surface area (Å²) in [7, 11) is 5.46. The van der Waals surface area contributed by atoms with Gasteiger partial charge < -0.3 is 24.8 Å². The van der Waals surface area contributed by atoms with E-state index in [0.717, 1.165) is 27.9 Å². The number of nitrogens with zero attached hydrogens (tertiary/aromatic N) is 2. The van der Waals surface area contributed by atoms with Crippen LogP contribution in [0, 0.1) is 6.92 Å². The molecule has 0 atom stereocenters. The monoisotopic (exact) mass is 657 g/mol. The molecule has 42 heavy (non-hydrogen) atoms. The van der Waals surface area contributed by atoms with Crippen molar-refractivity contribution >= 4 is 62.0 Å². The first kappa shape index (κ1) is 32.7. The first-order chi connectivity index (χ1) is 19.9. The summed E-state index contributed by atoms with van der Waals surface area (Å²) >= 11 is 9.20. The molecule has 0 amide bonds. The highest BCUT2D eigenvalue weighted by molar-refractivity contribution is 9.10. The van der Waals surface area contributed by atoms with E-state index in [-0.39, 0.29) is 19.1 Å². The summed E-state index contributed by atoms with van der Waals surface area (Å²) in [6.07, 6.45) is 0. The fraction of sp³-hybridized carbons (Fsp3) is 0.258. The van der Waals surface area contributed by atoms with Crippen molar-refractivity contribution < 1.29 is 28.6 Å². The second-order valence-corrected chi connectivity index (χ2v) is 10.9. The van der Waals surface area contributed by atoms with E-state index in [1.165, 1.54) is 6.92 Å². The van der Waals surface area contributed by atoms with Gasteiger partial charge in [0, 0.05) is 39.6 Å². The normalized spacial score (nSPS) is 10.7. The highest BCUT2D eigenvalue weighted by Gasteiger charge is 2.16. The minimum absolute atomic E-state index is 0.0173. The van der Waals surface area contributed by atoms with Gasteiger partial charge in [0.15, 0.2) is 0 Å². The lowest BCUT2D eigenvalue weighted by Gasteiger charge is -2.14. The summed E-state index contributed by atoms with van der Waals surface area (Å²) in [6, 6.07) is 17.9. The number of hydrogen-bond acceptors (Lipinski definition) is 8. The number of anilines is 1. The van der Waals surface area contributed by atoms with Gasteiger partial charge in [0.1, 0.15) is 19.0 Å². The van der Waals surface area contributed by atoms with E-state index in [2.05, 4.69) is 15.9 Å². The van der Waals surface area contributed by atoms with Gasteiger partial charge in [0.25, 0.3) is 5.91 Å². The average molecular weight is 659 g/mol. The summed E-state index contributed by atoms with van der Waals surface area (Å²) in [5, 5.41) is 1.60. The molecule has 2 N–H and O–H groups in total. The van der Waals surface area contributed by atoms with E-state index in [1.54, 1.807) is 48.1 Å². The van der Waals surface area contributed by atoms with Crippen molar-refractivity contribution in [3.05, 3.63) is 92.5 Å². The van der Waals surface area contributed by atoms with Crippen LogP contribution in [0.3, 0.4) is 0 Å². The fourth-order valence-corrected chi connectivity index (χ4v) is 4.74. The molecule has 0 fully saturated rings. The number of nitrogen functional groups attached to an aromatic ring is 1. The third-order valence-electron chi connectivity index (χ3n) is 6.05. The number of carbonyl (C=O) groups is 3. The molecule has 0 aliphatic rings. The minimum atomic E-state index is -0.483. The molecule has 222 valence electrons. The Balaban J connectivity index is 0.000000230. The smallest absolute Gasteiger partial charge is 0.338 e. The van der Waals surface area contributed by atoms with E-state index < -0.39 is 11.9 Å². The summed E-state index contributed by atoms with van der Waals surface area (Å²) < 4.78 is 17.3. The second kappa shape index (κ2) is 14.9. The van der Waals surface area contributed by atoms with Crippen LogP contribution < -0.4 is 10.5 Å². The number of fused-ring (bicyclic) bond motifs is 1. The molecule has 0 saturated heterocycles. The van der Waals surface area contributed by atoms with E-state index >= 15 is 0 Å². The zero-order chi connectivity index (χ0) is 31.0. The average Bonchev–Trinajstić information content (AvgIpc) is 3.28. The zero-order valence-electron chi connectivity index (χ0n) is 24.1. The number of carbonyl (C=O) groups excluding carboxylic acids is 3. The van der Waals surface area contributed by atoms with Gasteiger partial charge in [-0.25, -0.2) is 4.79 Å². The van der Waals surface area contributed by atoms with Crippen LogP contribution in [-0.4, -0.2) is 61.7 Å². The lowest BCUT2D eigenvalue weighted by Crippen LogP contribution is -2.15. The molecule has 1 heterocycles. The number of benzene rings is 3. The Bertz CT molecular complexity index is 1580. The standard InChI is InChI=1S/C17H14ClNO2.C14H19BrN2O4/c1-11-9-13-10-15(21-2)7-8-16(13)19(11)17(20)12-3-5-14(18)6-4-12;1-9(18)20-4-5-21-14(19)10-6-11(8-17(2)3)13(16)12(15)7-10/h3-10H,1-2H3;6-7H,4-5,8,16H2,1-3H3. The zero-order valence-corrected chi connectivity index (χ0v) is 26.4. The van der Waals surface area contributed by atoms with Gasteiger partial charge in [-0.2, -0.15) is 0 Å². The molecule has 4 rings (SSSR count). The maximum atomic E-state index is 12.7. The Morgan fingerprint density at radius 2 is 1.62 bits per heavy atom. The van der Waals surface area contributed by atoms with Crippen LogP contribution in [0.2, 0.25) is 5.02 Å². The van der Waals surface area contributed by atoms with Gasteiger partial charge in [-0.1, -0.05) is 11.6 Å². The largest absolute Gasteiger partial charge is 0.497 e. The van der Waals surface area contributed by atoms with Gasteiger partial charge >= 0.3 is 11.9 Å². The van der Waals surface area contributed by atoms with Crippen LogP contribution in [-0.2, 0) is 20.8 Å². The fourth-order valence-electron chi connectivity index (χ4n) is 4.12. The Hall–Kier alpha value is -3.86. The van der Waals surface area contributed by atoms with Crippen molar-refractivity contribution in [3.63, 3.8) is 0 Å². The molecule has 3 aromatic carbocycles. The number of hydrogen-bond donors (Lipinski definition) is 1. The molecule has 0 unspecified atom stereocenters. The minimum Gasteiger partial charge on any atom is -0.497 e. The number of halogens is 2. The van der Waals surface area contributed by atoms with Crippen LogP contribution in [0.25, 0.3) is 10.9 Å². The van der Waals surface area contributed by atoms with Crippen LogP contribution in [0.1, 0.15) is 38.9 Å². The maximum absolute atomic E-state index is 12.7. The third-order valence-corrected chi connectivity index (χ3v) is 6.95. The molecule has 0 saturated carbocycles. The van der Waals surface area contributed by atoms with Crippen LogP contribution in [0.15, 0.2) is 65.1 Å².